The molecule has 2 rings (SSSR count). The number of nitrogens with zero attached hydrogens (tertiary/aromatic N) is 3. The molecule has 1 N–H and O–H groups in total. The fraction of sp³-hybridized carbons (Fsp3) is 0.625. The number of pyridine rings is 1. The maximum atomic E-state index is 12.3. The fourth-order valence-corrected chi connectivity index (χ4v) is 3.03. The molecule has 0 bridgehead atoms. The number of amides is 1. The van der Waals surface area contributed by atoms with E-state index < -0.39 is 0 Å². The van der Waals surface area contributed by atoms with Gasteiger partial charge in [-0.25, -0.2) is 4.98 Å². The molecule has 0 saturated carbocycles. The van der Waals surface area contributed by atoms with Gasteiger partial charge in [-0.2, -0.15) is 0 Å². The fourth-order valence-electron chi connectivity index (χ4n) is 3.03. The van der Waals surface area contributed by atoms with Crippen LogP contribution < -0.4 is 5.32 Å². The van der Waals surface area contributed by atoms with Crippen LogP contribution in [0.15, 0.2) is 18.3 Å². The number of anilines is 1. The molecule has 1 amide bonds. The Morgan fingerprint density at radius 3 is 2.90 bits per heavy atom. The number of aromatic nitrogens is 1. The summed E-state index contributed by atoms with van der Waals surface area (Å²) in [4.78, 5) is 20.8. The SMILES string of the molecule is CCN(CC)C(=O)CN1CCC[C@@H]1c1ccnc(NC)c1. The highest BCUT2D eigenvalue weighted by atomic mass is 16.2. The number of likely N-dealkylation sites (N-methyl/N-ethyl adjacent to an activating group) is 1. The van der Waals surface area contributed by atoms with Crippen LogP contribution in [-0.2, 0) is 4.79 Å². The van der Waals surface area contributed by atoms with Gasteiger partial charge in [0.2, 0.25) is 5.91 Å². The van der Waals surface area contributed by atoms with Crippen molar-refractivity contribution >= 4 is 11.7 Å². The summed E-state index contributed by atoms with van der Waals surface area (Å²) in [6.45, 7) is 7.15. The van der Waals surface area contributed by atoms with Crippen LogP contribution in [0.5, 0.6) is 0 Å². The van der Waals surface area contributed by atoms with Gasteiger partial charge in [-0.1, -0.05) is 0 Å². The first kappa shape index (κ1) is 15.8. The molecule has 1 fully saturated rings. The van der Waals surface area contributed by atoms with Crippen LogP contribution in [0.3, 0.4) is 0 Å². The zero-order chi connectivity index (χ0) is 15.2. The molecule has 0 aliphatic carbocycles. The molecule has 1 atom stereocenters. The summed E-state index contributed by atoms with van der Waals surface area (Å²) in [7, 11) is 1.88. The van der Waals surface area contributed by atoms with Crippen molar-refractivity contribution in [1.29, 1.82) is 0 Å². The zero-order valence-electron chi connectivity index (χ0n) is 13.3. The van der Waals surface area contributed by atoms with Gasteiger partial charge in [0.15, 0.2) is 0 Å². The number of hydrogen-bond donors (Lipinski definition) is 1. The molecule has 1 aromatic heterocycles. The zero-order valence-corrected chi connectivity index (χ0v) is 13.3. The lowest BCUT2D eigenvalue weighted by molar-refractivity contribution is -0.132. The van der Waals surface area contributed by atoms with E-state index in [1.54, 1.807) is 0 Å². The van der Waals surface area contributed by atoms with Crippen LogP contribution in [0, 0.1) is 0 Å². The van der Waals surface area contributed by atoms with Gasteiger partial charge in [-0.3, -0.25) is 9.69 Å². The lowest BCUT2D eigenvalue weighted by atomic mass is 10.1. The first-order valence-electron chi connectivity index (χ1n) is 7.85. The van der Waals surface area contributed by atoms with Crippen LogP contribution in [0.4, 0.5) is 5.82 Å². The lowest BCUT2D eigenvalue weighted by Gasteiger charge is -2.27. The first-order chi connectivity index (χ1) is 10.2. The minimum absolute atomic E-state index is 0.231. The van der Waals surface area contributed by atoms with Crippen molar-refractivity contribution < 1.29 is 4.79 Å². The summed E-state index contributed by atoms with van der Waals surface area (Å²) in [5.41, 5.74) is 1.25. The second-order valence-corrected chi connectivity index (χ2v) is 5.42. The maximum Gasteiger partial charge on any atom is 0.236 e. The molecule has 0 unspecified atom stereocenters. The van der Waals surface area contributed by atoms with E-state index >= 15 is 0 Å². The Bertz CT molecular complexity index is 473. The number of carbonyl (C=O) groups is 1. The first-order valence-corrected chi connectivity index (χ1v) is 7.85. The molecule has 116 valence electrons. The molecule has 1 aliphatic rings. The molecular weight excluding hydrogens is 264 g/mol. The van der Waals surface area contributed by atoms with E-state index in [2.05, 4.69) is 27.3 Å². The average molecular weight is 290 g/mol. The van der Waals surface area contributed by atoms with Crippen molar-refractivity contribution in [2.75, 3.05) is 38.5 Å². The molecule has 0 radical (unpaired) electrons. The Hall–Kier alpha value is -1.62. The van der Waals surface area contributed by atoms with Gasteiger partial charge in [-0.15, -0.1) is 0 Å². The summed E-state index contributed by atoms with van der Waals surface area (Å²) in [5, 5.41) is 3.08. The Kier molecular flexibility index (Phi) is 5.56. The molecule has 0 spiro atoms. The Morgan fingerprint density at radius 2 is 2.24 bits per heavy atom. The summed E-state index contributed by atoms with van der Waals surface area (Å²) in [6, 6.07) is 4.48. The predicted molar refractivity (Wildman–Crippen MR) is 85.3 cm³/mol. The lowest BCUT2D eigenvalue weighted by Crippen LogP contribution is -2.40. The van der Waals surface area contributed by atoms with Gasteiger partial charge < -0.3 is 10.2 Å². The number of nitrogens with one attached hydrogen (secondary N) is 1. The largest absolute Gasteiger partial charge is 0.373 e. The van der Waals surface area contributed by atoms with Crippen LogP contribution in [0.25, 0.3) is 0 Å². The van der Waals surface area contributed by atoms with Crippen molar-refractivity contribution in [2.24, 2.45) is 0 Å². The quantitative estimate of drug-likeness (QED) is 0.872. The van der Waals surface area contributed by atoms with Crippen LogP contribution in [0.1, 0.15) is 38.3 Å². The highest BCUT2D eigenvalue weighted by Crippen LogP contribution is 2.32. The minimum Gasteiger partial charge on any atom is -0.373 e. The highest BCUT2D eigenvalue weighted by Gasteiger charge is 2.28. The summed E-state index contributed by atoms with van der Waals surface area (Å²) >= 11 is 0. The van der Waals surface area contributed by atoms with Gasteiger partial charge in [0.05, 0.1) is 6.54 Å². The van der Waals surface area contributed by atoms with E-state index in [4.69, 9.17) is 0 Å². The number of likely N-dealkylation sites (tertiary alicyclic amines) is 1. The van der Waals surface area contributed by atoms with Crippen LogP contribution >= 0.6 is 0 Å². The monoisotopic (exact) mass is 290 g/mol. The van der Waals surface area contributed by atoms with Crippen molar-refractivity contribution in [2.45, 2.75) is 32.7 Å². The molecule has 2 heterocycles. The molecule has 1 aliphatic heterocycles. The van der Waals surface area contributed by atoms with Crippen molar-refractivity contribution in [3.63, 3.8) is 0 Å². The minimum atomic E-state index is 0.231. The number of rotatable bonds is 6. The van der Waals surface area contributed by atoms with E-state index in [-0.39, 0.29) is 5.91 Å². The standard InChI is InChI=1S/C16H26N4O/c1-4-19(5-2)16(21)12-20-10-6-7-14(20)13-8-9-18-15(11-13)17-3/h8-9,11,14H,4-7,10,12H2,1-3H3,(H,17,18)/t14-/m1/s1. The molecule has 1 aromatic rings. The predicted octanol–water partition coefficient (Wildman–Crippen LogP) is 2.13. The third kappa shape index (κ3) is 3.73. The summed E-state index contributed by atoms with van der Waals surface area (Å²) in [5.74, 6) is 1.12. The van der Waals surface area contributed by atoms with Gasteiger partial charge in [0.1, 0.15) is 5.82 Å². The third-order valence-electron chi connectivity index (χ3n) is 4.24. The van der Waals surface area contributed by atoms with E-state index in [9.17, 15) is 4.79 Å². The van der Waals surface area contributed by atoms with E-state index in [0.717, 1.165) is 38.3 Å². The van der Waals surface area contributed by atoms with Crippen LogP contribution in [-0.4, -0.2) is 53.9 Å². The van der Waals surface area contributed by atoms with Gasteiger partial charge in [0.25, 0.3) is 0 Å². The molecule has 1 saturated heterocycles. The molecule has 21 heavy (non-hydrogen) atoms. The maximum absolute atomic E-state index is 12.3. The van der Waals surface area contributed by atoms with Crippen molar-refractivity contribution in [1.82, 2.24) is 14.8 Å². The van der Waals surface area contributed by atoms with E-state index in [1.807, 2.05) is 32.0 Å². The van der Waals surface area contributed by atoms with E-state index in [1.165, 1.54) is 5.56 Å². The highest BCUT2D eigenvalue weighted by molar-refractivity contribution is 5.78. The van der Waals surface area contributed by atoms with Crippen LogP contribution in [0.2, 0.25) is 0 Å². The van der Waals surface area contributed by atoms with Gasteiger partial charge >= 0.3 is 0 Å². The van der Waals surface area contributed by atoms with E-state index in [0.29, 0.717) is 12.6 Å². The normalized spacial score (nSPS) is 18.7. The Morgan fingerprint density at radius 1 is 1.48 bits per heavy atom. The summed E-state index contributed by atoms with van der Waals surface area (Å²) < 4.78 is 0. The molecule has 5 heteroatoms. The number of carbonyl (C=O) groups excluding carboxylic acids is 1. The van der Waals surface area contributed by atoms with Crippen molar-refractivity contribution in [3.05, 3.63) is 23.9 Å². The third-order valence-corrected chi connectivity index (χ3v) is 4.24. The Labute approximate surface area is 127 Å². The van der Waals surface area contributed by atoms with Crippen molar-refractivity contribution in [3.8, 4) is 0 Å². The second kappa shape index (κ2) is 7.41. The molecular formula is C16H26N4O. The van der Waals surface area contributed by atoms with Gasteiger partial charge in [-0.05, 0) is 50.9 Å². The topological polar surface area (TPSA) is 48.5 Å². The summed E-state index contributed by atoms with van der Waals surface area (Å²) in [6.07, 6.45) is 4.09. The molecule has 5 nitrogen and oxygen atoms in total. The number of hydrogen-bond acceptors (Lipinski definition) is 4. The average Bonchev–Trinajstić information content (AvgIpc) is 2.96. The Balaban J connectivity index is 2.07. The smallest absolute Gasteiger partial charge is 0.236 e. The molecule has 0 aromatic carbocycles. The second-order valence-electron chi connectivity index (χ2n) is 5.42. The van der Waals surface area contributed by atoms with Gasteiger partial charge in [0, 0.05) is 32.4 Å².